The van der Waals surface area contributed by atoms with Crippen molar-refractivity contribution in [1.29, 1.82) is 5.26 Å². The number of anilines is 3. The fraction of sp³-hybridized carbons (Fsp3) is 0.0714. The molecule has 2 aromatic carbocycles. The number of benzene rings is 2. The fourth-order valence-corrected chi connectivity index (χ4v) is 1.68. The van der Waals surface area contributed by atoms with Gasteiger partial charge in [0.2, 0.25) is 0 Å². The largest absolute Gasteiger partial charge is 0.397 e. The molecule has 18 heavy (non-hydrogen) atoms. The summed E-state index contributed by atoms with van der Waals surface area (Å²) >= 11 is 0. The Hall–Kier alpha value is -2.54. The van der Waals surface area contributed by atoms with Crippen molar-refractivity contribution in [2.24, 2.45) is 0 Å². The van der Waals surface area contributed by atoms with Crippen LogP contribution < -0.4 is 11.1 Å². The Morgan fingerprint density at radius 2 is 2.06 bits per heavy atom. The summed E-state index contributed by atoms with van der Waals surface area (Å²) in [7, 11) is 0. The van der Waals surface area contributed by atoms with Crippen LogP contribution in [0.2, 0.25) is 0 Å². The first-order valence-electron chi connectivity index (χ1n) is 5.43. The standard InChI is InChI=1S/C14H12FN3/c1-9-3-2-4-12(17)14(9)18-13-6-5-10(8-16)7-11(13)15/h2-7,18H,17H2,1H3. The normalized spacial score (nSPS) is 9.83. The van der Waals surface area contributed by atoms with Gasteiger partial charge < -0.3 is 11.1 Å². The Balaban J connectivity index is 2.38. The molecule has 0 amide bonds. The summed E-state index contributed by atoms with van der Waals surface area (Å²) in [4.78, 5) is 0. The lowest BCUT2D eigenvalue weighted by Gasteiger charge is -2.12. The molecule has 90 valence electrons. The summed E-state index contributed by atoms with van der Waals surface area (Å²) in [5.41, 5.74) is 8.59. The zero-order chi connectivity index (χ0) is 13.1. The molecule has 0 saturated carbocycles. The van der Waals surface area contributed by atoms with E-state index >= 15 is 0 Å². The van der Waals surface area contributed by atoms with E-state index in [1.807, 2.05) is 25.1 Å². The van der Waals surface area contributed by atoms with Gasteiger partial charge in [-0.25, -0.2) is 4.39 Å². The monoisotopic (exact) mass is 241 g/mol. The quantitative estimate of drug-likeness (QED) is 0.793. The molecular weight excluding hydrogens is 229 g/mol. The molecule has 0 heterocycles. The maximum Gasteiger partial charge on any atom is 0.147 e. The van der Waals surface area contributed by atoms with Crippen LogP contribution in [0.3, 0.4) is 0 Å². The van der Waals surface area contributed by atoms with Crippen molar-refractivity contribution in [3.8, 4) is 6.07 Å². The van der Waals surface area contributed by atoms with Gasteiger partial charge in [-0.2, -0.15) is 5.26 Å². The number of rotatable bonds is 2. The van der Waals surface area contributed by atoms with Gasteiger partial charge in [-0.05, 0) is 36.8 Å². The van der Waals surface area contributed by atoms with Gasteiger partial charge in [0.1, 0.15) is 5.82 Å². The molecule has 2 aromatic rings. The summed E-state index contributed by atoms with van der Waals surface area (Å²) in [5.74, 6) is -0.475. The molecular formula is C14H12FN3. The van der Waals surface area contributed by atoms with Crippen LogP contribution in [0.1, 0.15) is 11.1 Å². The smallest absolute Gasteiger partial charge is 0.147 e. The zero-order valence-electron chi connectivity index (χ0n) is 9.87. The first-order valence-corrected chi connectivity index (χ1v) is 5.43. The van der Waals surface area contributed by atoms with Crippen LogP contribution in [0.25, 0.3) is 0 Å². The molecule has 0 spiro atoms. The van der Waals surface area contributed by atoms with Gasteiger partial charge in [-0.3, -0.25) is 0 Å². The number of halogens is 1. The number of nitrogen functional groups attached to an aromatic ring is 1. The van der Waals surface area contributed by atoms with E-state index in [1.54, 1.807) is 12.1 Å². The van der Waals surface area contributed by atoms with Crippen LogP contribution in [0, 0.1) is 24.1 Å². The third-order valence-electron chi connectivity index (χ3n) is 2.66. The highest BCUT2D eigenvalue weighted by Crippen LogP contribution is 2.28. The zero-order valence-corrected chi connectivity index (χ0v) is 9.87. The Morgan fingerprint density at radius 3 is 2.67 bits per heavy atom. The van der Waals surface area contributed by atoms with E-state index in [-0.39, 0.29) is 5.56 Å². The maximum absolute atomic E-state index is 13.7. The highest BCUT2D eigenvalue weighted by atomic mass is 19.1. The molecule has 0 unspecified atom stereocenters. The lowest BCUT2D eigenvalue weighted by molar-refractivity contribution is 0.631. The molecule has 0 bridgehead atoms. The fourth-order valence-electron chi connectivity index (χ4n) is 1.68. The predicted octanol–water partition coefficient (Wildman–Crippen LogP) is 3.33. The number of nitriles is 1. The summed E-state index contributed by atoms with van der Waals surface area (Å²) in [6, 6.07) is 11.6. The number of nitrogens with two attached hydrogens (primary N) is 1. The molecule has 4 heteroatoms. The van der Waals surface area contributed by atoms with Crippen molar-refractivity contribution in [1.82, 2.24) is 0 Å². The van der Waals surface area contributed by atoms with Gasteiger partial charge in [-0.1, -0.05) is 12.1 Å². The number of aryl methyl sites for hydroxylation is 1. The van der Waals surface area contributed by atoms with Crippen molar-refractivity contribution in [2.75, 3.05) is 11.1 Å². The molecule has 3 nitrogen and oxygen atoms in total. The van der Waals surface area contributed by atoms with Crippen LogP contribution in [-0.4, -0.2) is 0 Å². The maximum atomic E-state index is 13.7. The van der Waals surface area contributed by atoms with Gasteiger partial charge in [0.25, 0.3) is 0 Å². The van der Waals surface area contributed by atoms with Crippen LogP contribution in [0.4, 0.5) is 21.5 Å². The molecule has 2 rings (SSSR count). The first-order chi connectivity index (χ1) is 8.61. The summed E-state index contributed by atoms with van der Waals surface area (Å²) in [5, 5.41) is 11.6. The van der Waals surface area contributed by atoms with Gasteiger partial charge >= 0.3 is 0 Å². The highest BCUT2D eigenvalue weighted by Gasteiger charge is 2.07. The highest BCUT2D eigenvalue weighted by molar-refractivity contribution is 5.75. The minimum atomic E-state index is -0.475. The van der Waals surface area contributed by atoms with E-state index in [4.69, 9.17) is 11.0 Å². The Morgan fingerprint density at radius 1 is 1.28 bits per heavy atom. The van der Waals surface area contributed by atoms with Gasteiger partial charge in [0.05, 0.1) is 28.7 Å². The van der Waals surface area contributed by atoms with E-state index < -0.39 is 5.82 Å². The lowest BCUT2D eigenvalue weighted by Crippen LogP contribution is -2.00. The van der Waals surface area contributed by atoms with E-state index in [0.717, 1.165) is 5.56 Å². The Bertz CT molecular complexity index is 609. The predicted molar refractivity (Wildman–Crippen MR) is 70.0 cm³/mol. The average Bonchev–Trinajstić information content (AvgIpc) is 2.35. The third-order valence-corrected chi connectivity index (χ3v) is 2.66. The van der Waals surface area contributed by atoms with Gasteiger partial charge in [-0.15, -0.1) is 0 Å². The summed E-state index contributed by atoms with van der Waals surface area (Å²) in [6.07, 6.45) is 0. The molecule has 0 aliphatic rings. The second-order valence-electron chi connectivity index (χ2n) is 3.97. The number of hydrogen-bond acceptors (Lipinski definition) is 3. The second-order valence-corrected chi connectivity index (χ2v) is 3.97. The first kappa shape index (κ1) is 11.9. The molecule has 0 aliphatic carbocycles. The molecule has 3 N–H and O–H groups in total. The van der Waals surface area contributed by atoms with Crippen molar-refractivity contribution < 1.29 is 4.39 Å². The minimum Gasteiger partial charge on any atom is -0.397 e. The molecule has 0 fully saturated rings. The lowest BCUT2D eigenvalue weighted by atomic mass is 10.1. The van der Waals surface area contributed by atoms with Crippen LogP contribution in [0.5, 0.6) is 0 Å². The van der Waals surface area contributed by atoms with E-state index in [9.17, 15) is 4.39 Å². The van der Waals surface area contributed by atoms with Crippen molar-refractivity contribution in [2.45, 2.75) is 6.92 Å². The summed E-state index contributed by atoms with van der Waals surface area (Å²) in [6.45, 7) is 1.89. The third kappa shape index (κ3) is 2.25. The number of nitrogens with zero attached hydrogens (tertiary/aromatic N) is 1. The van der Waals surface area contributed by atoms with Gasteiger partial charge in [0, 0.05) is 0 Å². The Labute approximate surface area is 105 Å². The number of hydrogen-bond donors (Lipinski definition) is 2. The van der Waals surface area contributed by atoms with E-state index in [2.05, 4.69) is 5.32 Å². The van der Waals surface area contributed by atoms with Crippen molar-refractivity contribution in [3.05, 3.63) is 53.3 Å². The van der Waals surface area contributed by atoms with Crippen LogP contribution in [0.15, 0.2) is 36.4 Å². The van der Waals surface area contributed by atoms with E-state index in [1.165, 1.54) is 12.1 Å². The molecule has 0 atom stereocenters. The molecule has 0 aromatic heterocycles. The molecule has 0 saturated heterocycles. The van der Waals surface area contributed by atoms with Gasteiger partial charge in [0.15, 0.2) is 0 Å². The molecule has 0 radical (unpaired) electrons. The minimum absolute atomic E-state index is 0.288. The van der Waals surface area contributed by atoms with Crippen molar-refractivity contribution >= 4 is 17.1 Å². The summed E-state index contributed by atoms with van der Waals surface area (Å²) < 4.78 is 13.7. The Kier molecular flexibility index (Phi) is 3.16. The van der Waals surface area contributed by atoms with Crippen LogP contribution >= 0.6 is 0 Å². The van der Waals surface area contributed by atoms with E-state index in [0.29, 0.717) is 17.1 Å². The average molecular weight is 241 g/mol. The van der Waals surface area contributed by atoms with Crippen molar-refractivity contribution in [3.63, 3.8) is 0 Å². The topological polar surface area (TPSA) is 61.8 Å². The number of para-hydroxylation sites is 1. The molecule has 0 aliphatic heterocycles. The van der Waals surface area contributed by atoms with Crippen LogP contribution in [-0.2, 0) is 0 Å². The second kappa shape index (κ2) is 4.76. The number of nitrogens with one attached hydrogen (secondary N) is 1. The SMILES string of the molecule is Cc1cccc(N)c1Nc1ccc(C#N)cc1F.